The van der Waals surface area contributed by atoms with Crippen LogP contribution in [0.1, 0.15) is 43.2 Å². The zero-order valence-electron chi connectivity index (χ0n) is 19.0. The molecular weight excluding hydrogens is 438 g/mol. The van der Waals surface area contributed by atoms with Crippen molar-refractivity contribution >= 4 is 23.9 Å². The number of aliphatic carboxylic acids is 1. The molecule has 1 aliphatic carbocycles. The Kier molecular flexibility index (Phi) is 8.61. The number of carboxylic acids is 1. The van der Waals surface area contributed by atoms with Crippen molar-refractivity contribution in [3.8, 4) is 11.1 Å². The van der Waals surface area contributed by atoms with Crippen LogP contribution in [0.5, 0.6) is 0 Å². The van der Waals surface area contributed by atoms with Gasteiger partial charge in [-0.3, -0.25) is 14.4 Å². The predicted molar refractivity (Wildman–Crippen MR) is 125 cm³/mol. The van der Waals surface area contributed by atoms with E-state index in [-0.39, 0.29) is 44.4 Å². The molecule has 2 aromatic carbocycles. The van der Waals surface area contributed by atoms with Gasteiger partial charge in [0.05, 0.1) is 0 Å². The number of alkyl carbamates (subject to hydrolysis) is 1. The zero-order valence-corrected chi connectivity index (χ0v) is 19.0. The molecule has 1 atom stereocenters. The fraction of sp³-hybridized carbons (Fsp3) is 0.360. The first-order chi connectivity index (χ1) is 16.4. The number of carbonyl (C=O) groups is 4. The smallest absolute Gasteiger partial charge is 0.407 e. The maximum Gasteiger partial charge on any atom is 0.407 e. The Labute approximate surface area is 197 Å². The van der Waals surface area contributed by atoms with E-state index in [0.29, 0.717) is 6.42 Å². The normalized spacial score (nSPS) is 12.7. The van der Waals surface area contributed by atoms with Crippen LogP contribution in [0.3, 0.4) is 0 Å². The second kappa shape index (κ2) is 11.8. The van der Waals surface area contributed by atoms with E-state index in [4.69, 9.17) is 9.84 Å². The molecule has 0 saturated heterocycles. The van der Waals surface area contributed by atoms with Crippen molar-refractivity contribution in [3.63, 3.8) is 0 Å². The zero-order chi connectivity index (χ0) is 24.5. The maximum atomic E-state index is 12.5. The number of rotatable bonds is 11. The Bertz CT molecular complexity index is 1010. The SMILES string of the molecule is CCC(=O)NCCNC(=O)C(CCC(=O)O)NC(=O)OCC1c2ccccc2-c2ccccc21. The van der Waals surface area contributed by atoms with E-state index in [1.807, 2.05) is 48.5 Å². The summed E-state index contributed by atoms with van der Waals surface area (Å²) in [6.45, 7) is 2.18. The Morgan fingerprint density at radius 2 is 1.53 bits per heavy atom. The number of fused-ring (bicyclic) bond motifs is 3. The van der Waals surface area contributed by atoms with Crippen LogP contribution < -0.4 is 16.0 Å². The molecule has 3 amide bonds. The molecule has 0 bridgehead atoms. The van der Waals surface area contributed by atoms with Gasteiger partial charge in [-0.1, -0.05) is 55.5 Å². The van der Waals surface area contributed by atoms with Gasteiger partial charge in [0.25, 0.3) is 0 Å². The monoisotopic (exact) mass is 467 g/mol. The van der Waals surface area contributed by atoms with E-state index in [1.54, 1.807) is 6.92 Å². The summed E-state index contributed by atoms with van der Waals surface area (Å²) in [7, 11) is 0. The highest BCUT2D eigenvalue weighted by Crippen LogP contribution is 2.44. The minimum absolute atomic E-state index is 0.0795. The first-order valence-electron chi connectivity index (χ1n) is 11.3. The van der Waals surface area contributed by atoms with Crippen LogP contribution in [-0.4, -0.2) is 54.7 Å². The summed E-state index contributed by atoms with van der Waals surface area (Å²) in [6.07, 6.45) is -0.855. The van der Waals surface area contributed by atoms with Crippen LogP contribution >= 0.6 is 0 Å². The van der Waals surface area contributed by atoms with E-state index in [1.165, 1.54) is 0 Å². The average Bonchev–Trinajstić information content (AvgIpc) is 3.16. The van der Waals surface area contributed by atoms with Crippen molar-refractivity contribution in [2.24, 2.45) is 0 Å². The van der Waals surface area contributed by atoms with Gasteiger partial charge >= 0.3 is 12.1 Å². The standard InChI is InChI=1S/C25H29N3O6/c1-2-22(29)26-13-14-27-24(32)21(11-12-23(30)31)28-25(33)34-15-20-18-9-5-3-7-16(18)17-8-4-6-10-19(17)20/h3-10,20-21H,2,11-15H2,1H3,(H,26,29)(H,27,32)(H,28,33)(H,30,31). The summed E-state index contributed by atoms with van der Waals surface area (Å²) < 4.78 is 5.46. The highest BCUT2D eigenvalue weighted by molar-refractivity contribution is 5.86. The minimum Gasteiger partial charge on any atom is -0.481 e. The van der Waals surface area contributed by atoms with Crippen molar-refractivity contribution in [2.45, 2.75) is 38.1 Å². The number of amides is 3. The van der Waals surface area contributed by atoms with Crippen LogP contribution in [0, 0.1) is 0 Å². The van der Waals surface area contributed by atoms with Crippen molar-refractivity contribution in [2.75, 3.05) is 19.7 Å². The molecule has 1 unspecified atom stereocenters. The van der Waals surface area contributed by atoms with Crippen LogP contribution in [-0.2, 0) is 19.1 Å². The number of carbonyl (C=O) groups excluding carboxylic acids is 3. The number of benzene rings is 2. The van der Waals surface area contributed by atoms with Gasteiger partial charge in [0, 0.05) is 31.8 Å². The van der Waals surface area contributed by atoms with Crippen LogP contribution in [0.2, 0.25) is 0 Å². The molecule has 34 heavy (non-hydrogen) atoms. The Balaban J connectivity index is 1.58. The maximum absolute atomic E-state index is 12.5. The summed E-state index contributed by atoms with van der Waals surface area (Å²) in [5, 5.41) is 16.7. The molecule has 0 fully saturated rings. The van der Waals surface area contributed by atoms with Gasteiger partial charge in [0.15, 0.2) is 0 Å². The fourth-order valence-electron chi connectivity index (χ4n) is 3.95. The van der Waals surface area contributed by atoms with Gasteiger partial charge < -0.3 is 25.8 Å². The molecule has 3 rings (SSSR count). The fourth-order valence-corrected chi connectivity index (χ4v) is 3.95. The van der Waals surface area contributed by atoms with Gasteiger partial charge in [-0.2, -0.15) is 0 Å². The van der Waals surface area contributed by atoms with Crippen molar-refractivity contribution in [3.05, 3.63) is 59.7 Å². The van der Waals surface area contributed by atoms with Crippen LogP contribution in [0.25, 0.3) is 11.1 Å². The molecule has 0 heterocycles. The average molecular weight is 468 g/mol. The summed E-state index contributed by atoms with van der Waals surface area (Å²) in [5.74, 6) is -1.90. The molecule has 1 aliphatic rings. The quantitative estimate of drug-likeness (QED) is 0.375. The number of hydrogen-bond acceptors (Lipinski definition) is 5. The van der Waals surface area contributed by atoms with Crippen LogP contribution in [0.4, 0.5) is 4.79 Å². The summed E-state index contributed by atoms with van der Waals surface area (Å²) in [6, 6.07) is 14.8. The highest BCUT2D eigenvalue weighted by atomic mass is 16.5. The third-order valence-corrected chi connectivity index (χ3v) is 5.67. The van der Waals surface area contributed by atoms with Gasteiger partial charge in [-0.15, -0.1) is 0 Å². The lowest BCUT2D eigenvalue weighted by Gasteiger charge is -2.19. The van der Waals surface area contributed by atoms with E-state index < -0.39 is 24.0 Å². The summed E-state index contributed by atoms with van der Waals surface area (Å²) in [4.78, 5) is 47.3. The van der Waals surface area contributed by atoms with E-state index in [2.05, 4.69) is 16.0 Å². The number of nitrogens with one attached hydrogen (secondary N) is 3. The largest absolute Gasteiger partial charge is 0.481 e. The number of hydrogen-bond donors (Lipinski definition) is 4. The molecule has 4 N–H and O–H groups in total. The molecule has 180 valence electrons. The second-order valence-electron chi connectivity index (χ2n) is 7.95. The molecule has 9 nitrogen and oxygen atoms in total. The second-order valence-corrected chi connectivity index (χ2v) is 7.95. The molecular formula is C25H29N3O6. The third-order valence-electron chi connectivity index (χ3n) is 5.67. The Hall–Kier alpha value is -3.88. The molecule has 0 saturated carbocycles. The molecule has 0 aromatic heterocycles. The van der Waals surface area contributed by atoms with Crippen molar-refractivity contribution in [1.29, 1.82) is 0 Å². The molecule has 0 spiro atoms. The molecule has 0 aliphatic heterocycles. The molecule has 2 aromatic rings. The Morgan fingerprint density at radius 3 is 2.12 bits per heavy atom. The summed E-state index contributed by atoms with van der Waals surface area (Å²) >= 11 is 0. The van der Waals surface area contributed by atoms with Gasteiger partial charge in [-0.25, -0.2) is 4.79 Å². The van der Waals surface area contributed by atoms with Gasteiger partial charge in [0.1, 0.15) is 12.6 Å². The first-order valence-corrected chi connectivity index (χ1v) is 11.3. The summed E-state index contributed by atoms with van der Waals surface area (Å²) in [5.41, 5.74) is 4.32. The van der Waals surface area contributed by atoms with Crippen molar-refractivity contribution < 1.29 is 29.0 Å². The number of carboxylic acid groups (broad SMARTS) is 1. The highest BCUT2D eigenvalue weighted by Gasteiger charge is 2.29. The lowest BCUT2D eigenvalue weighted by atomic mass is 9.98. The lowest BCUT2D eigenvalue weighted by Crippen LogP contribution is -2.48. The third kappa shape index (κ3) is 6.34. The van der Waals surface area contributed by atoms with Gasteiger partial charge in [-0.05, 0) is 28.7 Å². The topological polar surface area (TPSA) is 134 Å². The van der Waals surface area contributed by atoms with Gasteiger partial charge in [0.2, 0.25) is 11.8 Å². The van der Waals surface area contributed by atoms with Crippen LogP contribution in [0.15, 0.2) is 48.5 Å². The van der Waals surface area contributed by atoms with E-state index in [0.717, 1.165) is 22.3 Å². The van der Waals surface area contributed by atoms with E-state index >= 15 is 0 Å². The van der Waals surface area contributed by atoms with E-state index in [9.17, 15) is 19.2 Å². The minimum atomic E-state index is -1.08. The lowest BCUT2D eigenvalue weighted by molar-refractivity contribution is -0.137. The molecule has 9 heteroatoms. The first kappa shape index (κ1) is 24.8. The van der Waals surface area contributed by atoms with Crippen molar-refractivity contribution in [1.82, 2.24) is 16.0 Å². The number of ether oxygens (including phenoxy) is 1. The Morgan fingerprint density at radius 1 is 0.941 bits per heavy atom. The predicted octanol–water partition coefficient (Wildman–Crippen LogP) is 2.40. The molecule has 0 radical (unpaired) electrons.